The van der Waals surface area contributed by atoms with E-state index in [4.69, 9.17) is 0 Å². The fraction of sp³-hybridized carbons (Fsp3) is 0.800. The molecule has 0 aromatic carbocycles. The molecule has 4 heteroatoms. The Morgan fingerprint density at radius 2 is 1.93 bits per heavy atom. The fourth-order valence-electron chi connectivity index (χ4n) is 0.573. The Balaban J connectivity index is 0. The summed E-state index contributed by atoms with van der Waals surface area (Å²) in [6.07, 6.45) is 0.659. The highest BCUT2D eigenvalue weighted by atomic mass is 16.6. The van der Waals surface area contributed by atoms with Gasteiger partial charge in [-0.25, -0.2) is 0 Å². The first-order chi connectivity index (χ1) is 6.61. The Hall–Kier alpha value is -1.06. The number of amidine groups is 1. The van der Waals surface area contributed by atoms with Gasteiger partial charge in [0, 0.05) is 12.3 Å². The van der Waals surface area contributed by atoms with E-state index in [0.717, 1.165) is 0 Å². The number of rotatable bonds is 3. The Bertz CT molecular complexity index is 177. The maximum absolute atomic E-state index is 11.1. The van der Waals surface area contributed by atoms with E-state index in [1.54, 1.807) is 0 Å². The maximum Gasteiger partial charge on any atom is 0.227 e. The van der Waals surface area contributed by atoms with Crippen molar-refractivity contribution in [2.75, 3.05) is 7.11 Å². The van der Waals surface area contributed by atoms with Gasteiger partial charge in [-0.05, 0) is 0 Å². The van der Waals surface area contributed by atoms with Crippen molar-refractivity contribution < 1.29 is 9.63 Å². The molecular formula is C10H22N2O2. The predicted octanol–water partition coefficient (Wildman–Crippen LogP) is 2.15. The summed E-state index contributed by atoms with van der Waals surface area (Å²) in [6, 6.07) is 0. The highest BCUT2D eigenvalue weighted by Gasteiger charge is 2.08. The van der Waals surface area contributed by atoms with Crippen molar-refractivity contribution in [3.05, 3.63) is 0 Å². The van der Waals surface area contributed by atoms with Crippen molar-refractivity contribution in [1.29, 1.82) is 0 Å². The highest BCUT2D eigenvalue weighted by molar-refractivity contribution is 5.98. The van der Waals surface area contributed by atoms with Crippen LogP contribution in [0.4, 0.5) is 0 Å². The van der Waals surface area contributed by atoms with Crippen LogP contribution in [0.2, 0.25) is 0 Å². The smallest absolute Gasteiger partial charge is 0.227 e. The third kappa shape index (κ3) is 7.58. The molecule has 0 aromatic rings. The zero-order chi connectivity index (χ0) is 11.6. The van der Waals surface area contributed by atoms with E-state index in [1.807, 2.05) is 34.6 Å². The predicted molar refractivity (Wildman–Crippen MR) is 59.1 cm³/mol. The van der Waals surface area contributed by atoms with Crippen molar-refractivity contribution in [2.24, 2.45) is 11.1 Å². The van der Waals surface area contributed by atoms with E-state index < -0.39 is 0 Å². The number of hydrogen-bond acceptors (Lipinski definition) is 3. The topological polar surface area (TPSA) is 50.7 Å². The van der Waals surface area contributed by atoms with Crippen LogP contribution in [0.15, 0.2) is 5.16 Å². The van der Waals surface area contributed by atoms with Crippen LogP contribution in [0.1, 0.15) is 41.0 Å². The van der Waals surface area contributed by atoms with Crippen molar-refractivity contribution in [3.63, 3.8) is 0 Å². The van der Waals surface area contributed by atoms with Crippen molar-refractivity contribution in [3.8, 4) is 0 Å². The largest absolute Gasteiger partial charge is 0.398 e. The Labute approximate surface area is 86.7 Å². The third-order valence-electron chi connectivity index (χ3n) is 1.33. The zero-order valence-corrected chi connectivity index (χ0v) is 10.0. The van der Waals surface area contributed by atoms with Crippen molar-refractivity contribution in [1.82, 2.24) is 5.32 Å². The molecule has 0 saturated heterocycles. The molecule has 1 N–H and O–H groups in total. The number of carbonyl (C=O) groups is 1. The molecule has 0 radical (unpaired) electrons. The summed E-state index contributed by atoms with van der Waals surface area (Å²) in [5.41, 5.74) is 0. The van der Waals surface area contributed by atoms with Crippen LogP contribution in [-0.4, -0.2) is 18.9 Å². The Kier molecular flexibility index (Phi) is 11.0. The van der Waals surface area contributed by atoms with Gasteiger partial charge in [-0.15, -0.1) is 0 Å². The normalized spacial score (nSPS) is 10.4. The Morgan fingerprint density at radius 1 is 1.43 bits per heavy atom. The molecule has 0 atom stereocenters. The number of hydrogen-bond donors (Lipinski definition) is 1. The number of nitrogens with one attached hydrogen (secondary N) is 1. The van der Waals surface area contributed by atoms with E-state index in [2.05, 4.69) is 15.3 Å². The summed E-state index contributed by atoms with van der Waals surface area (Å²) in [5, 5.41) is 6.30. The summed E-state index contributed by atoms with van der Waals surface area (Å²) in [7, 11) is 1.46. The van der Waals surface area contributed by atoms with Gasteiger partial charge in [-0.3, -0.25) is 4.79 Å². The summed E-state index contributed by atoms with van der Waals surface area (Å²) in [4.78, 5) is 15.7. The lowest BCUT2D eigenvalue weighted by Crippen LogP contribution is -2.33. The van der Waals surface area contributed by atoms with Gasteiger partial charge in [0.1, 0.15) is 12.9 Å². The molecule has 1 amide bonds. The average Bonchev–Trinajstić information content (AvgIpc) is 2.19. The van der Waals surface area contributed by atoms with Gasteiger partial charge in [0.15, 0.2) is 0 Å². The second-order valence-corrected chi connectivity index (χ2v) is 2.72. The number of amides is 1. The highest BCUT2D eigenvalue weighted by Crippen LogP contribution is 1.92. The molecule has 4 nitrogen and oxygen atoms in total. The first kappa shape index (κ1) is 15.4. The second-order valence-electron chi connectivity index (χ2n) is 2.72. The summed E-state index contributed by atoms with van der Waals surface area (Å²) in [6.45, 7) is 9.56. The van der Waals surface area contributed by atoms with Crippen LogP contribution < -0.4 is 5.32 Å². The SMILES string of the molecule is CC.CC/C(=N\OC)NC(=O)C(C)C. The van der Waals surface area contributed by atoms with Crippen LogP contribution in [-0.2, 0) is 9.63 Å². The molecule has 0 bridgehead atoms. The maximum atomic E-state index is 11.1. The lowest BCUT2D eigenvalue weighted by molar-refractivity contribution is -0.122. The minimum atomic E-state index is -0.0346. The molecule has 0 spiro atoms. The molecular weight excluding hydrogens is 180 g/mol. The molecule has 0 aliphatic heterocycles. The summed E-state index contributed by atoms with van der Waals surface area (Å²) >= 11 is 0. The molecule has 0 aromatic heterocycles. The number of nitrogens with zero attached hydrogens (tertiary/aromatic N) is 1. The van der Waals surface area contributed by atoms with Gasteiger partial charge in [-0.2, -0.15) is 0 Å². The zero-order valence-electron chi connectivity index (χ0n) is 10.0. The summed E-state index contributed by atoms with van der Waals surface area (Å²) < 4.78 is 0. The van der Waals surface area contributed by atoms with Crippen molar-refractivity contribution >= 4 is 11.7 Å². The lowest BCUT2D eigenvalue weighted by atomic mass is 10.2. The number of oxime groups is 1. The molecule has 0 aliphatic carbocycles. The molecule has 0 rings (SSSR count). The molecule has 14 heavy (non-hydrogen) atoms. The monoisotopic (exact) mass is 202 g/mol. The van der Waals surface area contributed by atoms with Crippen LogP contribution >= 0.6 is 0 Å². The molecule has 0 heterocycles. The van der Waals surface area contributed by atoms with Gasteiger partial charge >= 0.3 is 0 Å². The quantitative estimate of drug-likeness (QED) is 0.433. The van der Waals surface area contributed by atoms with Crippen molar-refractivity contribution in [2.45, 2.75) is 41.0 Å². The molecule has 0 saturated carbocycles. The first-order valence-corrected chi connectivity index (χ1v) is 5.02. The second kappa shape index (κ2) is 10.0. The van der Waals surface area contributed by atoms with E-state index in [9.17, 15) is 4.79 Å². The third-order valence-corrected chi connectivity index (χ3v) is 1.33. The fourth-order valence-corrected chi connectivity index (χ4v) is 0.573. The van der Waals surface area contributed by atoms with E-state index in [1.165, 1.54) is 7.11 Å². The minimum absolute atomic E-state index is 0.0291. The van der Waals surface area contributed by atoms with E-state index in [0.29, 0.717) is 12.3 Å². The average molecular weight is 202 g/mol. The molecule has 0 fully saturated rings. The van der Waals surface area contributed by atoms with Gasteiger partial charge in [0.25, 0.3) is 0 Å². The van der Waals surface area contributed by atoms with Crippen LogP contribution in [0.5, 0.6) is 0 Å². The van der Waals surface area contributed by atoms with Crippen LogP contribution in [0.3, 0.4) is 0 Å². The number of carbonyl (C=O) groups excluding carboxylic acids is 1. The van der Waals surface area contributed by atoms with Gasteiger partial charge < -0.3 is 10.2 Å². The van der Waals surface area contributed by atoms with Gasteiger partial charge in [0.05, 0.1) is 0 Å². The molecule has 0 aliphatic rings. The van der Waals surface area contributed by atoms with E-state index >= 15 is 0 Å². The first-order valence-electron chi connectivity index (χ1n) is 5.02. The molecule has 84 valence electrons. The van der Waals surface area contributed by atoms with Gasteiger partial charge in [-0.1, -0.05) is 39.8 Å². The lowest BCUT2D eigenvalue weighted by Gasteiger charge is -2.07. The molecule has 0 unspecified atom stereocenters. The minimum Gasteiger partial charge on any atom is -0.398 e. The van der Waals surface area contributed by atoms with Crippen LogP contribution in [0, 0.1) is 5.92 Å². The standard InChI is InChI=1S/C8H16N2O2.C2H6/c1-5-7(10-12-4)9-8(11)6(2)3;1-2/h6H,5H2,1-4H3,(H,9,10,11);1-2H3. The van der Waals surface area contributed by atoms with Gasteiger partial charge in [0.2, 0.25) is 5.91 Å². The summed E-state index contributed by atoms with van der Waals surface area (Å²) in [5.74, 6) is 0.502. The van der Waals surface area contributed by atoms with E-state index in [-0.39, 0.29) is 11.8 Å². The van der Waals surface area contributed by atoms with Crippen LogP contribution in [0.25, 0.3) is 0 Å². The Morgan fingerprint density at radius 3 is 2.21 bits per heavy atom.